The van der Waals surface area contributed by atoms with Crippen molar-refractivity contribution in [3.63, 3.8) is 0 Å². The van der Waals surface area contributed by atoms with Crippen LogP contribution in [0.5, 0.6) is 11.5 Å². The Hall–Kier alpha value is -6.42. The number of fused-ring (bicyclic) bond motifs is 4. The number of Topliss-reactive ketones (excluding diaryl/α,β-unsaturated/α-hetero) is 1. The largest absolute Gasteiger partial charge is 0.504 e. The zero-order valence-corrected chi connectivity index (χ0v) is 28.6. The highest BCUT2D eigenvalue weighted by Gasteiger charge is 2.65. The molecule has 0 bridgehead atoms. The van der Waals surface area contributed by atoms with Crippen LogP contribution in [0.2, 0.25) is 0 Å². The lowest BCUT2D eigenvalue weighted by molar-refractivity contribution is -0.384. The fourth-order valence-electron chi connectivity index (χ4n) is 9.13. The number of nitro benzene ring substituents is 1. The van der Waals surface area contributed by atoms with Gasteiger partial charge in [-0.3, -0.25) is 29.3 Å². The van der Waals surface area contributed by atoms with E-state index in [1.165, 1.54) is 43.5 Å². The van der Waals surface area contributed by atoms with Crippen molar-refractivity contribution in [2.45, 2.75) is 18.3 Å². The minimum atomic E-state index is -1.38. The molecule has 10 nitrogen and oxygen atoms in total. The van der Waals surface area contributed by atoms with E-state index >= 15 is 4.79 Å². The average Bonchev–Trinajstić information content (AvgIpc) is 3.44. The van der Waals surface area contributed by atoms with Crippen molar-refractivity contribution in [2.24, 2.45) is 29.6 Å². The molecule has 2 fully saturated rings. The molecule has 1 N–H and O–H groups in total. The number of benzene rings is 4. The molecule has 2 amide bonds. The number of nitrogens with zero attached hydrogens (tertiary/aromatic N) is 2. The summed E-state index contributed by atoms with van der Waals surface area (Å²) in [5, 5.41) is 21.9. The SMILES string of the molecule is COc1cc(C=C[C@H]2C3=CC[C@@H]4C(=O)N(c5cccc([N+](=O)[O-])c5)C(=O)[C@@H]4[C@@H]3C[C@H]3C(=O)C(c4ccccc4)=CC(=O)[C@@]23c2ccccc2)ccc1O. The fourth-order valence-corrected chi connectivity index (χ4v) is 9.13. The molecule has 4 aliphatic rings. The van der Waals surface area contributed by atoms with Gasteiger partial charge in [-0.15, -0.1) is 0 Å². The van der Waals surface area contributed by atoms with Gasteiger partial charge < -0.3 is 9.84 Å². The van der Waals surface area contributed by atoms with E-state index in [1.807, 2.05) is 66.8 Å². The van der Waals surface area contributed by atoms with Crippen LogP contribution >= 0.6 is 0 Å². The minimum Gasteiger partial charge on any atom is -0.504 e. The van der Waals surface area contributed by atoms with Gasteiger partial charge >= 0.3 is 0 Å². The van der Waals surface area contributed by atoms with E-state index in [0.29, 0.717) is 22.3 Å². The second-order valence-corrected chi connectivity index (χ2v) is 13.9. The Kier molecular flexibility index (Phi) is 8.25. The highest BCUT2D eigenvalue weighted by atomic mass is 16.6. The number of hydrogen-bond donors (Lipinski definition) is 1. The van der Waals surface area contributed by atoms with Crippen molar-refractivity contribution in [1.29, 1.82) is 0 Å². The van der Waals surface area contributed by atoms with E-state index in [1.54, 1.807) is 24.3 Å². The zero-order valence-electron chi connectivity index (χ0n) is 28.6. The Balaban J connectivity index is 1.31. The van der Waals surface area contributed by atoms with E-state index < -0.39 is 51.7 Å². The summed E-state index contributed by atoms with van der Waals surface area (Å²) in [7, 11) is 1.45. The average molecular weight is 707 g/mol. The summed E-state index contributed by atoms with van der Waals surface area (Å²) >= 11 is 0. The molecule has 0 aromatic heterocycles. The van der Waals surface area contributed by atoms with Gasteiger partial charge in [-0.25, -0.2) is 4.90 Å². The van der Waals surface area contributed by atoms with Gasteiger partial charge in [-0.1, -0.05) is 96.6 Å². The number of ether oxygens (including phenoxy) is 1. The molecule has 1 heterocycles. The molecule has 264 valence electrons. The molecule has 6 atom stereocenters. The van der Waals surface area contributed by atoms with Crippen LogP contribution in [0.1, 0.15) is 29.5 Å². The lowest BCUT2D eigenvalue weighted by Crippen LogP contribution is -2.59. The maximum Gasteiger partial charge on any atom is 0.271 e. The number of amides is 2. The van der Waals surface area contributed by atoms with Gasteiger partial charge in [-0.05, 0) is 59.7 Å². The number of nitro groups is 1. The first-order valence-electron chi connectivity index (χ1n) is 17.4. The van der Waals surface area contributed by atoms with Gasteiger partial charge in [0.2, 0.25) is 11.8 Å². The van der Waals surface area contributed by atoms with Gasteiger partial charge in [0.25, 0.3) is 5.69 Å². The number of anilines is 1. The summed E-state index contributed by atoms with van der Waals surface area (Å²) in [4.78, 5) is 70.7. The van der Waals surface area contributed by atoms with Crippen LogP contribution in [-0.2, 0) is 24.6 Å². The quantitative estimate of drug-likeness (QED) is 0.0948. The first kappa shape index (κ1) is 33.7. The number of aromatic hydroxyl groups is 1. The summed E-state index contributed by atoms with van der Waals surface area (Å²) in [5.41, 5.74) is 1.53. The molecule has 10 heteroatoms. The van der Waals surface area contributed by atoms with Crippen LogP contribution in [0.3, 0.4) is 0 Å². The lowest BCUT2D eigenvalue weighted by atomic mass is 9.45. The number of methoxy groups -OCH3 is 1. The summed E-state index contributed by atoms with van der Waals surface area (Å²) in [6, 6.07) is 28.7. The normalized spacial score (nSPS) is 26.4. The molecule has 3 aliphatic carbocycles. The van der Waals surface area contributed by atoms with Crippen LogP contribution in [0, 0.1) is 39.7 Å². The topological polar surface area (TPSA) is 144 Å². The Morgan fingerprint density at radius 1 is 0.887 bits per heavy atom. The number of carbonyl (C=O) groups excluding carboxylic acids is 4. The van der Waals surface area contributed by atoms with Crippen LogP contribution in [0.25, 0.3) is 11.6 Å². The smallest absolute Gasteiger partial charge is 0.271 e. The molecule has 8 rings (SSSR count). The van der Waals surface area contributed by atoms with Gasteiger partial charge in [0.15, 0.2) is 23.1 Å². The first-order chi connectivity index (χ1) is 25.6. The Morgan fingerprint density at radius 2 is 1.62 bits per heavy atom. The third-order valence-electron chi connectivity index (χ3n) is 11.4. The maximum absolute atomic E-state index is 15.1. The summed E-state index contributed by atoms with van der Waals surface area (Å²) in [5.74, 6) is -4.97. The Morgan fingerprint density at radius 3 is 2.34 bits per heavy atom. The number of non-ortho nitro benzene ring substituents is 1. The second-order valence-electron chi connectivity index (χ2n) is 13.9. The van der Waals surface area contributed by atoms with E-state index in [-0.39, 0.29) is 47.3 Å². The van der Waals surface area contributed by atoms with Crippen molar-refractivity contribution in [1.82, 2.24) is 0 Å². The molecule has 0 radical (unpaired) electrons. The molecule has 53 heavy (non-hydrogen) atoms. The highest BCUT2D eigenvalue weighted by Crippen LogP contribution is 2.61. The highest BCUT2D eigenvalue weighted by molar-refractivity contribution is 6.31. The van der Waals surface area contributed by atoms with E-state index in [0.717, 1.165) is 10.5 Å². The fraction of sp³-hybridized carbons (Fsp3) is 0.209. The standard InChI is InChI=1S/C43H34N2O8/c1-53-37-21-25(16-20-36(37)46)15-19-34-30-17-18-31-39(42(50)44(41(31)49)28-13-8-14-29(22-28)45(51)52)33(30)23-35-40(48)32(26-9-4-2-5-10-26)24-38(47)43(34,35)27-11-6-3-7-12-27/h2-17,19-22,24,31,33-35,39,46H,18,23H2,1H3/t31-,33+,34-,35-,39-,43-/m0/s1. The predicted octanol–water partition coefficient (Wildman–Crippen LogP) is 6.88. The number of imide groups is 1. The number of rotatable bonds is 7. The molecule has 0 unspecified atom stereocenters. The van der Waals surface area contributed by atoms with E-state index in [4.69, 9.17) is 4.74 Å². The van der Waals surface area contributed by atoms with Gasteiger partial charge in [-0.2, -0.15) is 0 Å². The molecular formula is C43H34N2O8. The summed E-state index contributed by atoms with van der Waals surface area (Å²) in [6.07, 6.45) is 7.50. The Bertz CT molecular complexity index is 2300. The van der Waals surface area contributed by atoms with Crippen molar-refractivity contribution in [3.05, 3.63) is 154 Å². The van der Waals surface area contributed by atoms with E-state index in [9.17, 15) is 29.6 Å². The molecule has 4 aromatic rings. The number of hydrogen-bond acceptors (Lipinski definition) is 8. The second kappa shape index (κ2) is 13.0. The van der Waals surface area contributed by atoms with Crippen molar-refractivity contribution in [2.75, 3.05) is 12.0 Å². The van der Waals surface area contributed by atoms with Gasteiger partial charge in [0.05, 0.1) is 35.0 Å². The summed E-state index contributed by atoms with van der Waals surface area (Å²) < 4.78 is 5.35. The number of ketones is 2. The minimum absolute atomic E-state index is 0.0337. The molecule has 1 saturated carbocycles. The Labute approximate surface area is 304 Å². The zero-order chi connectivity index (χ0) is 37.0. The van der Waals surface area contributed by atoms with Gasteiger partial charge in [0, 0.05) is 29.5 Å². The monoisotopic (exact) mass is 706 g/mol. The molecule has 4 aromatic carbocycles. The van der Waals surface area contributed by atoms with E-state index in [2.05, 4.69) is 0 Å². The molecule has 1 aliphatic heterocycles. The van der Waals surface area contributed by atoms with Crippen molar-refractivity contribution < 1.29 is 33.9 Å². The van der Waals surface area contributed by atoms with Crippen molar-refractivity contribution in [3.8, 4) is 11.5 Å². The number of allylic oxidation sites excluding steroid dienone is 5. The molecule has 0 spiro atoms. The lowest BCUT2D eigenvalue weighted by Gasteiger charge is -2.54. The molecular weight excluding hydrogens is 672 g/mol. The third kappa shape index (κ3) is 5.24. The van der Waals surface area contributed by atoms with Crippen LogP contribution in [0.15, 0.2) is 127 Å². The van der Waals surface area contributed by atoms with Crippen LogP contribution < -0.4 is 9.64 Å². The van der Waals surface area contributed by atoms with Crippen LogP contribution in [-0.4, -0.2) is 40.5 Å². The third-order valence-corrected chi connectivity index (χ3v) is 11.4. The predicted molar refractivity (Wildman–Crippen MR) is 197 cm³/mol. The number of phenolic OH excluding ortho intramolecular Hbond substituents is 1. The summed E-state index contributed by atoms with van der Waals surface area (Å²) in [6.45, 7) is 0. The molecule has 1 saturated heterocycles. The maximum atomic E-state index is 15.1. The van der Waals surface area contributed by atoms with Crippen molar-refractivity contribution >= 4 is 46.4 Å². The first-order valence-corrected chi connectivity index (χ1v) is 17.4. The van der Waals surface area contributed by atoms with Gasteiger partial charge in [0.1, 0.15) is 0 Å². The number of carbonyl (C=O) groups is 4. The number of phenols is 1. The van der Waals surface area contributed by atoms with Crippen LogP contribution in [0.4, 0.5) is 11.4 Å².